The maximum atomic E-state index is 12.7. The Morgan fingerprint density at radius 1 is 1.27 bits per heavy atom. The topological polar surface area (TPSA) is 86.9 Å². The zero-order valence-corrected chi connectivity index (χ0v) is 18.9. The average Bonchev–Trinajstić information content (AvgIpc) is 3.07. The Morgan fingerprint density at radius 2 is 2.03 bits per heavy atom. The van der Waals surface area contributed by atoms with E-state index in [1.165, 1.54) is 11.3 Å². The van der Waals surface area contributed by atoms with Crippen molar-refractivity contribution in [1.29, 1.82) is 0 Å². The number of ether oxygens (including phenoxy) is 3. The summed E-state index contributed by atoms with van der Waals surface area (Å²) in [6.45, 7) is 10.2. The number of anilines is 2. The minimum atomic E-state index is -0.348. The van der Waals surface area contributed by atoms with Crippen molar-refractivity contribution in [1.82, 2.24) is 4.98 Å². The molecule has 4 heterocycles. The normalized spacial score (nSPS) is 18.4. The van der Waals surface area contributed by atoms with E-state index in [1.54, 1.807) is 0 Å². The molecule has 0 amide bonds. The first-order valence-electron chi connectivity index (χ1n) is 10.8. The minimum absolute atomic E-state index is 0.293. The summed E-state index contributed by atoms with van der Waals surface area (Å²) >= 11 is 1.34. The lowest BCUT2D eigenvalue weighted by atomic mass is 9.89. The van der Waals surface area contributed by atoms with Crippen molar-refractivity contribution >= 4 is 39.0 Å². The number of carbonyl (C=O) groups excluding carboxylic acids is 1. The maximum Gasteiger partial charge on any atom is 0.350 e. The quantitative estimate of drug-likeness (QED) is 0.546. The summed E-state index contributed by atoms with van der Waals surface area (Å²) in [5.41, 5.74) is 8.93. The molecule has 0 aliphatic carbocycles. The average molecular weight is 434 g/mol. The summed E-state index contributed by atoms with van der Waals surface area (Å²) < 4.78 is 17.1. The molecule has 2 aliphatic heterocycles. The van der Waals surface area contributed by atoms with Crippen molar-refractivity contribution in [2.75, 3.05) is 43.5 Å². The van der Waals surface area contributed by atoms with E-state index in [0.29, 0.717) is 37.0 Å². The fourth-order valence-corrected chi connectivity index (χ4v) is 5.13. The van der Waals surface area contributed by atoms with Gasteiger partial charge in [0.05, 0.1) is 37.7 Å². The highest BCUT2D eigenvalue weighted by Crippen LogP contribution is 2.43. The molecular weight excluding hydrogens is 402 g/mol. The summed E-state index contributed by atoms with van der Waals surface area (Å²) in [4.78, 5) is 21.2. The molecule has 4 rings (SSSR count). The Labute approximate surface area is 181 Å². The number of hydrogen-bond acceptors (Lipinski definition) is 8. The first kappa shape index (κ1) is 21.3. The Balaban J connectivity index is 1.76. The van der Waals surface area contributed by atoms with Crippen LogP contribution in [0.25, 0.3) is 10.2 Å². The number of fused-ring (bicyclic) bond motifs is 3. The van der Waals surface area contributed by atoms with E-state index in [2.05, 4.69) is 25.7 Å². The van der Waals surface area contributed by atoms with Crippen molar-refractivity contribution < 1.29 is 19.0 Å². The Morgan fingerprint density at radius 3 is 2.77 bits per heavy atom. The second-order valence-corrected chi connectivity index (χ2v) is 9.58. The molecule has 8 heteroatoms. The van der Waals surface area contributed by atoms with Gasteiger partial charge in [-0.2, -0.15) is 0 Å². The highest BCUT2D eigenvalue weighted by Gasteiger charge is 2.34. The van der Waals surface area contributed by atoms with E-state index in [0.717, 1.165) is 65.9 Å². The minimum Gasteiger partial charge on any atom is -0.461 e. The van der Waals surface area contributed by atoms with Gasteiger partial charge in [-0.3, -0.25) is 0 Å². The molecule has 0 radical (unpaired) electrons. The summed E-state index contributed by atoms with van der Waals surface area (Å²) in [5, 5.41) is 0.892. The molecule has 0 bridgehead atoms. The van der Waals surface area contributed by atoms with E-state index < -0.39 is 0 Å². The van der Waals surface area contributed by atoms with Crippen LogP contribution >= 0.6 is 11.3 Å². The van der Waals surface area contributed by atoms with Crippen molar-refractivity contribution in [2.24, 2.45) is 0 Å². The van der Waals surface area contributed by atoms with Crippen LogP contribution in [0.2, 0.25) is 0 Å². The van der Waals surface area contributed by atoms with Crippen molar-refractivity contribution in [3.8, 4) is 0 Å². The number of aromatic nitrogens is 1. The van der Waals surface area contributed by atoms with Gasteiger partial charge >= 0.3 is 5.97 Å². The van der Waals surface area contributed by atoms with Gasteiger partial charge in [-0.05, 0) is 25.8 Å². The third kappa shape index (κ3) is 4.13. The van der Waals surface area contributed by atoms with Crippen LogP contribution in [0.4, 0.5) is 11.5 Å². The third-order valence-electron chi connectivity index (χ3n) is 5.76. The first-order chi connectivity index (χ1) is 14.4. The van der Waals surface area contributed by atoms with Gasteiger partial charge in [0.15, 0.2) is 0 Å². The second-order valence-electron chi connectivity index (χ2n) is 8.59. The molecule has 0 spiro atoms. The molecule has 0 aromatic carbocycles. The number of rotatable bonds is 6. The molecule has 2 aliphatic rings. The van der Waals surface area contributed by atoms with E-state index in [4.69, 9.17) is 24.9 Å². The van der Waals surface area contributed by atoms with Crippen LogP contribution in [0.3, 0.4) is 0 Å². The number of nitrogen functional groups attached to an aromatic ring is 1. The standard InChI is InChI=1S/C22H31N3O4S/c1-4-5-6-9-28-21(26)18-17(23)16-14-12-22(2,3)29-13-15(14)19(24-20(16)30-18)25-7-10-27-11-8-25/h4-13,23H2,1-3H3. The predicted octanol–water partition coefficient (Wildman–Crippen LogP) is 3.91. The van der Waals surface area contributed by atoms with Crippen LogP contribution < -0.4 is 10.6 Å². The number of pyridine rings is 1. The zero-order valence-electron chi connectivity index (χ0n) is 18.1. The fraction of sp³-hybridized carbons (Fsp3) is 0.636. The molecule has 0 unspecified atom stereocenters. The van der Waals surface area contributed by atoms with Crippen LogP contribution in [0.15, 0.2) is 0 Å². The highest BCUT2D eigenvalue weighted by atomic mass is 32.1. The Kier molecular flexibility index (Phi) is 6.18. The molecule has 2 N–H and O–H groups in total. The van der Waals surface area contributed by atoms with E-state index in [1.807, 2.05) is 0 Å². The van der Waals surface area contributed by atoms with Crippen LogP contribution in [-0.4, -0.2) is 49.5 Å². The third-order valence-corrected chi connectivity index (χ3v) is 6.84. The van der Waals surface area contributed by atoms with E-state index in [9.17, 15) is 4.79 Å². The van der Waals surface area contributed by atoms with Crippen molar-refractivity contribution in [3.05, 3.63) is 16.0 Å². The second kappa shape index (κ2) is 8.69. The van der Waals surface area contributed by atoms with E-state index in [-0.39, 0.29) is 11.6 Å². The molecule has 164 valence electrons. The number of nitrogens with zero attached hydrogens (tertiary/aromatic N) is 2. The summed E-state index contributed by atoms with van der Waals surface area (Å²) in [6, 6.07) is 0. The molecule has 0 atom stereocenters. The van der Waals surface area contributed by atoms with Gasteiger partial charge in [0, 0.05) is 30.5 Å². The van der Waals surface area contributed by atoms with Crippen LogP contribution in [0.5, 0.6) is 0 Å². The lowest BCUT2D eigenvalue weighted by Gasteiger charge is -2.36. The Bertz CT molecular complexity index is 934. The maximum absolute atomic E-state index is 12.7. The number of unbranched alkanes of at least 4 members (excludes halogenated alkanes) is 2. The predicted molar refractivity (Wildman–Crippen MR) is 119 cm³/mol. The summed E-state index contributed by atoms with van der Waals surface area (Å²) in [6.07, 6.45) is 3.72. The molecular formula is C22H31N3O4S. The van der Waals surface area contributed by atoms with E-state index >= 15 is 0 Å². The molecule has 30 heavy (non-hydrogen) atoms. The van der Waals surface area contributed by atoms with Gasteiger partial charge in [0.25, 0.3) is 0 Å². The van der Waals surface area contributed by atoms with Gasteiger partial charge in [-0.1, -0.05) is 19.8 Å². The number of morpholine rings is 1. The van der Waals surface area contributed by atoms with Gasteiger partial charge < -0.3 is 24.8 Å². The number of thiophene rings is 1. The molecule has 2 aromatic heterocycles. The number of nitrogens with two attached hydrogens (primary N) is 1. The highest BCUT2D eigenvalue weighted by molar-refractivity contribution is 7.21. The zero-order chi connectivity index (χ0) is 21.3. The monoisotopic (exact) mass is 433 g/mol. The molecule has 1 saturated heterocycles. The van der Waals surface area contributed by atoms with Crippen LogP contribution in [-0.2, 0) is 27.2 Å². The number of esters is 1. The molecule has 1 fully saturated rings. The molecule has 0 saturated carbocycles. The lowest BCUT2D eigenvalue weighted by Crippen LogP contribution is -2.39. The largest absolute Gasteiger partial charge is 0.461 e. The smallest absolute Gasteiger partial charge is 0.350 e. The lowest BCUT2D eigenvalue weighted by molar-refractivity contribution is -0.0396. The van der Waals surface area contributed by atoms with Gasteiger partial charge in [0.2, 0.25) is 0 Å². The SMILES string of the molecule is CCCCCOC(=O)c1sc2nc(N3CCOCC3)c3c(c2c1N)CC(C)(C)OC3. The first-order valence-corrected chi connectivity index (χ1v) is 11.6. The van der Waals surface area contributed by atoms with Crippen LogP contribution in [0.1, 0.15) is 60.8 Å². The molecule has 2 aromatic rings. The summed E-state index contributed by atoms with van der Waals surface area (Å²) in [5.74, 6) is 0.583. The molecule has 7 nitrogen and oxygen atoms in total. The fourth-order valence-electron chi connectivity index (χ4n) is 4.11. The van der Waals surface area contributed by atoms with Crippen molar-refractivity contribution in [2.45, 2.75) is 58.7 Å². The van der Waals surface area contributed by atoms with Crippen LogP contribution in [0, 0.1) is 0 Å². The Hall–Kier alpha value is -1.90. The number of hydrogen-bond donors (Lipinski definition) is 1. The number of carbonyl (C=O) groups is 1. The van der Waals surface area contributed by atoms with Gasteiger partial charge in [-0.15, -0.1) is 11.3 Å². The summed E-state index contributed by atoms with van der Waals surface area (Å²) in [7, 11) is 0. The van der Waals surface area contributed by atoms with Gasteiger partial charge in [0.1, 0.15) is 15.5 Å². The van der Waals surface area contributed by atoms with Crippen molar-refractivity contribution in [3.63, 3.8) is 0 Å². The van der Waals surface area contributed by atoms with Gasteiger partial charge in [-0.25, -0.2) is 9.78 Å².